The van der Waals surface area contributed by atoms with E-state index in [9.17, 15) is 4.79 Å². The normalized spacial score (nSPS) is 36.8. The molecule has 62 valence electrons. The number of hydrogen-bond donors (Lipinski definition) is 2. The van der Waals surface area contributed by atoms with E-state index in [2.05, 4.69) is 5.32 Å². The zero-order valence-electron chi connectivity index (χ0n) is 6.29. The number of carbonyl (C=O) groups is 1. The maximum Gasteiger partial charge on any atom is 0.317 e. The molecule has 4 nitrogen and oxygen atoms in total. The van der Waals surface area contributed by atoms with Crippen LogP contribution in [0.4, 0.5) is 4.79 Å². The van der Waals surface area contributed by atoms with E-state index in [0.29, 0.717) is 6.04 Å². The van der Waals surface area contributed by atoms with Crippen LogP contribution in [0.3, 0.4) is 0 Å². The van der Waals surface area contributed by atoms with Gasteiger partial charge < -0.3 is 15.3 Å². The zero-order valence-corrected chi connectivity index (χ0v) is 6.29. The molecule has 2 fully saturated rings. The molecule has 0 bridgehead atoms. The average Bonchev–Trinajstić information content (AvgIpc) is 2.29. The predicted octanol–water partition coefficient (Wildman–Crippen LogP) is -0.465. The minimum atomic E-state index is -0.173. The van der Waals surface area contributed by atoms with Crippen LogP contribution >= 0.6 is 0 Å². The molecule has 0 spiro atoms. The van der Waals surface area contributed by atoms with Crippen molar-refractivity contribution in [3.8, 4) is 0 Å². The fourth-order valence-electron chi connectivity index (χ4n) is 1.65. The first-order valence-corrected chi connectivity index (χ1v) is 4.00. The highest BCUT2D eigenvalue weighted by molar-refractivity contribution is 5.76. The lowest BCUT2D eigenvalue weighted by molar-refractivity contribution is 0.0247. The Morgan fingerprint density at radius 2 is 2.27 bits per heavy atom. The Hall–Kier alpha value is -0.770. The first-order chi connectivity index (χ1) is 5.27. The van der Waals surface area contributed by atoms with Gasteiger partial charge in [0.05, 0.1) is 6.10 Å². The van der Waals surface area contributed by atoms with Crippen molar-refractivity contribution in [1.29, 1.82) is 0 Å². The molecule has 2 N–H and O–H groups in total. The summed E-state index contributed by atoms with van der Waals surface area (Å²) < 4.78 is 0. The van der Waals surface area contributed by atoms with Gasteiger partial charge in [-0.05, 0) is 12.8 Å². The van der Waals surface area contributed by atoms with Crippen LogP contribution in [-0.2, 0) is 0 Å². The fourth-order valence-corrected chi connectivity index (χ4v) is 1.65. The highest BCUT2D eigenvalue weighted by Crippen LogP contribution is 2.26. The van der Waals surface area contributed by atoms with Gasteiger partial charge in [-0.2, -0.15) is 0 Å². The molecule has 0 aromatic heterocycles. The summed E-state index contributed by atoms with van der Waals surface area (Å²) in [5, 5.41) is 11.7. The van der Waals surface area contributed by atoms with E-state index in [1.807, 2.05) is 4.90 Å². The molecular formula is C7H12N2O2. The fraction of sp³-hybridized carbons (Fsp3) is 0.857. The quantitative estimate of drug-likeness (QED) is 0.539. The highest BCUT2D eigenvalue weighted by atomic mass is 16.3. The van der Waals surface area contributed by atoms with Crippen molar-refractivity contribution in [1.82, 2.24) is 10.2 Å². The van der Waals surface area contributed by atoms with Crippen LogP contribution in [0.15, 0.2) is 0 Å². The lowest BCUT2D eigenvalue weighted by Crippen LogP contribution is -2.48. The van der Waals surface area contributed by atoms with Crippen LogP contribution in [0, 0.1) is 0 Å². The van der Waals surface area contributed by atoms with Crippen molar-refractivity contribution < 1.29 is 9.90 Å². The zero-order chi connectivity index (χ0) is 7.84. The molecule has 2 amide bonds. The Morgan fingerprint density at radius 3 is 2.73 bits per heavy atom. The predicted molar refractivity (Wildman–Crippen MR) is 39.1 cm³/mol. The van der Waals surface area contributed by atoms with E-state index in [1.54, 1.807) is 0 Å². The number of rotatable bonds is 1. The standard InChI is InChI=1S/C7H12N2O2/c10-6-3-5(4-6)9-2-1-8-7(9)11/h5-6,10H,1-4H2,(H,8,11)/t5-,6-. The molecule has 11 heavy (non-hydrogen) atoms. The summed E-state index contributed by atoms with van der Waals surface area (Å²) in [6.45, 7) is 1.56. The van der Waals surface area contributed by atoms with Gasteiger partial charge in [0, 0.05) is 19.1 Å². The Morgan fingerprint density at radius 1 is 1.55 bits per heavy atom. The maximum absolute atomic E-state index is 11.0. The van der Waals surface area contributed by atoms with E-state index in [4.69, 9.17) is 5.11 Å². The second kappa shape index (κ2) is 2.37. The number of urea groups is 1. The van der Waals surface area contributed by atoms with Crippen LogP contribution in [0.2, 0.25) is 0 Å². The smallest absolute Gasteiger partial charge is 0.317 e. The average molecular weight is 156 g/mol. The van der Waals surface area contributed by atoms with Gasteiger partial charge in [-0.3, -0.25) is 0 Å². The maximum atomic E-state index is 11.0. The molecule has 1 aliphatic heterocycles. The van der Waals surface area contributed by atoms with Crippen molar-refractivity contribution in [3.63, 3.8) is 0 Å². The number of nitrogens with zero attached hydrogens (tertiary/aromatic N) is 1. The number of amides is 2. The Balaban J connectivity index is 1.90. The van der Waals surface area contributed by atoms with Crippen LogP contribution in [0.25, 0.3) is 0 Å². The third-order valence-electron chi connectivity index (χ3n) is 2.42. The number of nitrogens with one attached hydrogen (secondary N) is 1. The van der Waals surface area contributed by atoms with Crippen molar-refractivity contribution >= 4 is 6.03 Å². The topological polar surface area (TPSA) is 52.6 Å². The molecule has 1 heterocycles. The van der Waals surface area contributed by atoms with Crippen LogP contribution < -0.4 is 5.32 Å². The second-order valence-corrected chi connectivity index (χ2v) is 3.20. The van der Waals surface area contributed by atoms with Crippen LogP contribution in [0.5, 0.6) is 0 Å². The van der Waals surface area contributed by atoms with E-state index < -0.39 is 0 Å². The highest BCUT2D eigenvalue weighted by Gasteiger charge is 2.36. The van der Waals surface area contributed by atoms with Gasteiger partial charge in [-0.1, -0.05) is 0 Å². The van der Waals surface area contributed by atoms with E-state index in [0.717, 1.165) is 25.9 Å². The molecule has 2 rings (SSSR count). The summed E-state index contributed by atoms with van der Waals surface area (Å²) in [6.07, 6.45) is 1.34. The molecule has 0 aromatic rings. The van der Waals surface area contributed by atoms with Crippen molar-refractivity contribution in [2.75, 3.05) is 13.1 Å². The number of aliphatic hydroxyl groups excluding tert-OH is 1. The van der Waals surface area contributed by atoms with Crippen LogP contribution in [-0.4, -0.2) is 41.3 Å². The number of aliphatic hydroxyl groups is 1. The summed E-state index contributed by atoms with van der Waals surface area (Å²) in [5.41, 5.74) is 0. The summed E-state index contributed by atoms with van der Waals surface area (Å²) in [6, 6.07) is 0.328. The van der Waals surface area contributed by atoms with Gasteiger partial charge >= 0.3 is 6.03 Å². The minimum absolute atomic E-state index is 0.0295. The van der Waals surface area contributed by atoms with E-state index in [-0.39, 0.29) is 12.1 Å². The Kier molecular flexibility index (Phi) is 1.49. The molecular weight excluding hydrogens is 144 g/mol. The molecule has 0 radical (unpaired) electrons. The number of hydrogen-bond acceptors (Lipinski definition) is 2. The van der Waals surface area contributed by atoms with Gasteiger partial charge in [-0.25, -0.2) is 4.79 Å². The van der Waals surface area contributed by atoms with Crippen LogP contribution in [0.1, 0.15) is 12.8 Å². The SMILES string of the molecule is O=C1NCCN1[C@H]1C[C@H](O)C1. The van der Waals surface area contributed by atoms with Crippen molar-refractivity contribution in [2.45, 2.75) is 25.0 Å². The third kappa shape index (κ3) is 1.07. The van der Waals surface area contributed by atoms with Crippen molar-refractivity contribution in [2.24, 2.45) is 0 Å². The Labute approximate surface area is 65.2 Å². The molecule has 4 heteroatoms. The first kappa shape index (κ1) is 6.91. The summed E-state index contributed by atoms with van der Waals surface area (Å²) in [5.74, 6) is 0. The molecule has 2 aliphatic rings. The second-order valence-electron chi connectivity index (χ2n) is 3.20. The van der Waals surface area contributed by atoms with Gasteiger partial charge in [0.2, 0.25) is 0 Å². The molecule has 0 aromatic carbocycles. The third-order valence-corrected chi connectivity index (χ3v) is 2.42. The molecule has 0 unspecified atom stereocenters. The van der Waals surface area contributed by atoms with Gasteiger partial charge in [-0.15, -0.1) is 0 Å². The molecule has 1 saturated carbocycles. The molecule has 0 atom stereocenters. The Bertz CT molecular complexity index is 177. The largest absolute Gasteiger partial charge is 0.393 e. The lowest BCUT2D eigenvalue weighted by atomic mass is 9.88. The minimum Gasteiger partial charge on any atom is -0.393 e. The number of carbonyl (C=O) groups excluding carboxylic acids is 1. The summed E-state index contributed by atoms with van der Waals surface area (Å²) in [7, 11) is 0. The van der Waals surface area contributed by atoms with Gasteiger partial charge in [0.1, 0.15) is 0 Å². The summed E-state index contributed by atoms with van der Waals surface area (Å²) in [4.78, 5) is 12.9. The van der Waals surface area contributed by atoms with E-state index >= 15 is 0 Å². The van der Waals surface area contributed by atoms with E-state index in [1.165, 1.54) is 0 Å². The van der Waals surface area contributed by atoms with Gasteiger partial charge in [0.25, 0.3) is 0 Å². The lowest BCUT2D eigenvalue weighted by Gasteiger charge is -2.37. The van der Waals surface area contributed by atoms with Crippen molar-refractivity contribution in [3.05, 3.63) is 0 Å². The summed E-state index contributed by atoms with van der Waals surface area (Å²) >= 11 is 0. The molecule has 1 aliphatic carbocycles. The monoisotopic (exact) mass is 156 g/mol. The van der Waals surface area contributed by atoms with Gasteiger partial charge in [0.15, 0.2) is 0 Å². The first-order valence-electron chi connectivity index (χ1n) is 4.00. The molecule has 1 saturated heterocycles.